The average Bonchev–Trinajstić information content (AvgIpc) is 2.61. The Morgan fingerprint density at radius 3 is 1.56 bits per heavy atom. The van der Waals surface area contributed by atoms with E-state index in [9.17, 15) is 19.8 Å². The molecule has 0 fully saturated rings. The summed E-state index contributed by atoms with van der Waals surface area (Å²) < 4.78 is 1.83. The third-order valence-electron chi connectivity index (χ3n) is 4.77. The van der Waals surface area contributed by atoms with Crippen molar-refractivity contribution >= 4 is 48.2 Å². The van der Waals surface area contributed by atoms with Gasteiger partial charge in [-0.2, -0.15) is 0 Å². The van der Waals surface area contributed by atoms with E-state index in [2.05, 4.69) is 0 Å². The van der Waals surface area contributed by atoms with Crippen LogP contribution in [0.25, 0.3) is 0 Å². The molecule has 4 atom stereocenters. The van der Waals surface area contributed by atoms with Crippen LogP contribution in [-0.2, 0) is 9.59 Å². The number of rotatable bonds is 2. The predicted octanol–water partition coefficient (Wildman–Crippen LogP) is -0.185. The first-order valence-electron chi connectivity index (χ1n) is 8.03. The second-order valence-electron chi connectivity index (χ2n) is 6.26. The third-order valence-corrected chi connectivity index (χ3v) is 9.37. The maximum absolute atomic E-state index is 12.6. The molecular weight excluding hydrogens is 450 g/mol. The number of hydrogen-bond acceptors (Lipinski definition) is 4. The molecule has 2 heterocycles. The minimum atomic E-state index is -0.899. The predicted molar refractivity (Wildman–Crippen MR) is 95.2 cm³/mol. The zero-order valence-electron chi connectivity index (χ0n) is 13.2. The summed E-state index contributed by atoms with van der Waals surface area (Å²) in [5, 5.41) is 21.4. The molecule has 4 nitrogen and oxygen atoms in total. The fraction of sp³-hybridized carbons (Fsp3) is 0.263. The molecule has 25 heavy (non-hydrogen) atoms. The summed E-state index contributed by atoms with van der Waals surface area (Å²) in [6, 6.07) is 14.9. The van der Waals surface area contributed by atoms with Crippen molar-refractivity contribution in [2.45, 2.75) is 18.6 Å². The average molecular weight is 466 g/mol. The Hall–Kier alpha value is -1.26. The first kappa shape index (κ1) is 17.2. The zero-order chi connectivity index (χ0) is 17.6. The van der Waals surface area contributed by atoms with Gasteiger partial charge in [0.15, 0.2) is 0 Å². The SMILES string of the molecule is O=C1[Se]c2ccccc2C(O)C1CC1C(=O)[Se]c2ccccc2C1O. The second kappa shape index (κ2) is 6.80. The van der Waals surface area contributed by atoms with Crippen molar-refractivity contribution in [3.05, 3.63) is 59.7 Å². The molecule has 0 aromatic heterocycles. The van der Waals surface area contributed by atoms with Gasteiger partial charge in [-0.1, -0.05) is 0 Å². The number of benzene rings is 2. The Balaban J connectivity index is 1.62. The molecule has 0 amide bonds. The zero-order valence-corrected chi connectivity index (χ0v) is 16.6. The Bertz CT molecular complexity index is 781. The minimum absolute atomic E-state index is 0.00468. The van der Waals surface area contributed by atoms with Crippen LogP contribution < -0.4 is 8.92 Å². The van der Waals surface area contributed by atoms with Gasteiger partial charge in [0, 0.05) is 0 Å². The normalized spacial score (nSPS) is 28.4. The van der Waals surface area contributed by atoms with Gasteiger partial charge in [0.2, 0.25) is 0 Å². The molecule has 2 N–H and O–H groups in total. The molecule has 2 aromatic rings. The molecule has 0 saturated carbocycles. The second-order valence-corrected chi connectivity index (χ2v) is 10.6. The number of aliphatic hydroxyl groups is 2. The Labute approximate surface area is 158 Å². The van der Waals surface area contributed by atoms with Gasteiger partial charge >= 0.3 is 158 Å². The number of hydrogen-bond donors (Lipinski definition) is 2. The Morgan fingerprint density at radius 2 is 1.12 bits per heavy atom. The van der Waals surface area contributed by atoms with Crippen LogP contribution in [0.5, 0.6) is 0 Å². The van der Waals surface area contributed by atoms with Crippen LogP contribution in [0.15, 0.2) is 48.5 Å². The van der Waals surface area contributed by atoms with Crippen molar-refractivity contribution < 1.29 is 19.8 Å². The van der Waals surface area contributed by atoms with E-state index < -0.39 is 24.0 Å². The van der Waals surface area contributed by atoms with Gasteiger partial charge < -0.3 is 0 Å². The first-order valence-corrected chi connectivity index (χ1v) is 11.5. The van der Waals surface area contributed by atoms with E-state index in [0.717, 1.165) is 20.1 Å². The van der Waals surface area contributed by atoms with Crippen LogP contribution in [0.2, 0.25) is 0 Å². The molecule has 2 aromatic carbocycles. The van der Waals surface area contributed by atoms with Crippen molar-refractivity contribution in [3.8, 4) is 0 Å². The van der Waals surface area contributed by atoms with Crippen LogP contribution in [0, 0.1) is 11.8 Å². The van der Waals surface area contributed by atoms with E-state index in [4.69, 9.17) is 0 Å². The number of aliphatic hydroxyl groups excluding tert-OH is 2. The molecule has 2 aliphatic heterocycles. The van der Waals surface area contributed by atoms with E-state index in [1.807, 2.05) is 48.5 Å². The molecule has 6 heteroatoms. The molecule has 4 rings (SSSR count). The van der Waals surface area contributed by atoms with E-state index in [1.54, 1.807) is 0 Å². The van der Waals surface area contributed by atoms with Gasteiger partial charge in [-0.3, -0.25) is 0 Å². The van der Waals surface area contributed by atoms with E-state index in [0.29, 0.717) is 0 Å². The summed E-state index contributed by atoms with van der Waals surface area (Å²) >= 11 is -0.710. The fourth-order valence-electron chi connectivity index (χ4n) is 3.42. The molecule has 4 unspecified atom stereocenters. The van der Waals surface area contributed by atoms with Crippen molar-refractivity contribution in [3.63, 3.8) is 0 Å². The summed E-state index contributed by atoms with van der Waals surface area (Å²) in [7, 11) is 0. The van der Waals surface area contributed by atoms with Crippen LogP contribution in [-0.4, -0.2) is 49.5 Å². The maximum atomic E-state index is 12.6. The van der Waals surface area contributed by atoms with Gasteiger partial charge in [-0.05, 0) is 0 Å². The van der Waals surface area contributed by atoms with Crippen molar-refractivity contribution in [2.75, 3.05) is 0 Å². The molecule has 0 saturated heterocycles. The summed E-state index contributed by atoms with van der Waals surface area (Å²) in [6.45, 7) is 0. The van der Waals surface area contributed by atoms with Gasteiger partial charge in [0.1, 0.15) is 0 Å². The van der Waals surface area contributed by atoms with Gasteiger partial charge in [0.05, 0.1) is 0 Å². The van der Waals surface area contributed by atoms with E-state index in [-0.39, 0.29) is 45.7 Å². The van der Waals surface area contributed by atoms with Gasteiger partial charge in [-0.15, -0.1) is 0 Å². The van der Waals surface area contributed by atoms with E-state index >= 15 is 0 Å². The molecule has 128 valence electrons. The molecule has 0 radical (unpaired) electrons. The molecule has 0 spiro atoms. The van der Waals surface area contributed by atoms with Crippen LogP contribution >= 0.6 is 0 Å². The third kappa shape index (κ3) is 3.04. The fourth-order valence-corrected chi connectivity index (χ4v) is 7.81. The summed E-state index contributed by atoms with van der Waals surface area (Å²) in [5.74, 6) is -1.22. The van der Waals surface area contributed by atoms with Gasteiger partial charge in [-0.25, -0.2) is 0 Å². The van der Waals surface area contributed by atoms with Gasteiger partial charge in [0.25, 0.3) is 0 Å². The number of carbonyl (C=O) groups excluding carboxylic acids is 2. The molecule has 0 aliphatic carbocycles. The Kier molecular flexibility index (Phi) is 4.67. The summed E-state index contributed by atoms with van der Waals surface area (Å²) in [4.78, 5) is 25.2. The van der Waals surface area contributed by atoms with E-state index in [1.165, 1.54) is 0 Å². The van der Waals surface area contributed by atoms with Crippen molar-refractivity contribution in [1.29, 1.82) is 0 Å². The number of fused-ring (bicyclic) bond motifs is 2. The first-order chi connectivity index (χ1) is 12.1. The standard InChI is InChI=1S/C19H16O4Se2/c20-16-10-5-1-3-7-14(10)24-18(22)12(16)9-13-17(21)11-6-2-4-8-15(11)25-19(13)23/h1-8,12-13,16-17,20-21H,9H2. The van der Waals surface area contributed by atoms with Crippen molar-refractivity contribution in [1.82, 2.24) is 0 Å². The summed E-state index contributed by atoms with van der Waals surface area (Å²) in [5.41, 5.74) is 1.58. The van der Waals surface area contributed by atoms with Crippen LogP contribution in [0.4, 0.5) is 0 Å². The van der Waals surface area contributed by atoms with Crippen molar-refractivity contribution in [2.24, 2.45) is 11.8 Å². The summed E-state index contributed by atoms with van der Waals surface area (Å²) in [6.07, 6.45) is -1.58. The van der Waals surface area contributed by atoms with Crippen LogP contribution in [0.1, 0.15) is 29.8 Å². The number of carbonyl (C=O) groups is 2. The quantitative estimate of drug-likeness (QED) is 0.603. The molecule has 0 bridgehead atoms. The molecular formula is C19H16O4Se2. The van der Waals surface area contributed by atoms with Crippen LogP contribution in [0.3, 0.4) is 0 Å². The monoisotopic (exact) mass is 468 g/mol. The molecule has 2 aliphatic rings. The Morgan fingerprint density at radius 1 is 0.720 bits per heavy atom. The topological polar surface area (TPSA) is 74.6 Å².